The third kappa shape index (κ3) is 2.68. The first-order valence-corrected chi connectivity index (χ1v) is 5.67. The molecule has 102 valence electrons. The Labute approximate surface area is 106 Å². The number of nitro groups is 1. The van der Waals surface area contributed by atoms with Crippen molar-refractivity contribution in [1.82, 2.24) is 5.32 Å². The third-order valence-corrected chi connectivity index (χ3v) is 2.89. The molecule has 8 heteroatoms. The molecule has 1 aliphatic rings. The van der Waals surface area contributed by atoms with Gasteiger partial charge in [-0.25, -0.2) is 8.78 Å². The lowest BCUT2D eigenvalue weighted by Gasteiger charge is -2.12. The number of hydrogen-bond acceptors (Lipinski definition) is 4. The van der Waals surface area contributed by atoms with E-state index in [-0.39, 0.29) is 0 Å². The Bertz CT molecular complexity index is 530. The summed E-state index contributed by atoms with van der Waals surface area (Å²) in [5.41, 5.74) is -1.41. The molecule has 1 amide bonds. The zero-order valence-electron chi connectivity index (χ0n) is 9.78. The van der Waals surface area contributed by atoms with Crippen LogP contribution in [-0.4, -0.2) is 23.4 Å². The molecular weight excluding hydrogens is 260 g/mol. The van der Waals surface area contributed by atoms with Crippen molar-refractivity contribution in [2.75, 3.05) is 11.9 Å². The highest BCUT2D eigenvalue weighted by Crippen LogP contribution is 2.29. The minimum absolute atomic E-state index is 0.540. The first kappa shape index (κ1) is 13.3. The average Bonchev–Trinajstić information content (AvgIpc) is 2.88. The number of halogens is 2. The summed E-state index contributed by atoms with van der Waals surface area (Å²) in [6.45, 7) is 0.645. The van der Waals surface area contributed by atoms with E-state index in [1.807, 2.05) is 0 Å². The Kier molecular flexibility index (Phi) is 3.70. The topological polar surface area (TPSA) is 84.3 Å². The molecule has 1 aromatic carbocycles. The summed E-state index contributed by atoms with van der Waals surface area (Å²) in [5, 5.41) is 15.7. The highest BCUT2D eigenvalue weighted by Gasteiger charge is 2.27. The van der Waals surface area contributed by atoms with Crippen molar-refractivity contribution in [2.24, 2.45) is 0 Å². The molecule has 1 aromatic rings. The molecule has 0 aromatic heterocycles. The molecule has 0 spiro atoms. The van der Waals surface area contributed by atoms with Crippen molar-refractivity contribution < 1.29 is 18.5 Å². The van der Waals surface area contributed by atoms with E-state index in [1.165, 1.54) is 0 Å². The predicted octanol–water partition coefficient (Wildman–Crippen LogP) is 1.56. The van der Waals surface area contributed by atoms with Crippen molar-refractivity contribution in [3.05, 3.63) is 33.9 Å². The van der Waals surface area contributed by atoms with Crippen LogP contribution in [0.4, 0.5) is 20.2 Å². The molecule has 0 radical (unpaired) electrons. The zero-order chi connectivity index (χ0) is 14.0. The van der Waals surface area contributed by atoms with Gasteiger partial charge in [0.05, 0.1) is 11.0 Å². The monoisotopic (exact) mass is 271 g/mol. The molecule has 2 rings (SSSR count). The first-order valence-electron chi connectivity index (χ1n) is 5.67. The SMILES string of the molecule is O=C(Nc1c([N+](=O)[O-])ccc(F)c1F)C1CCCN1. The molecule has 0 aliphatic carbocycles. The van der Waals surface area contributed by atoms with E-state index in [0.29, 0.717) is 19.0 Å². The maximum atomic E-state index is 13.6. The smallest absolute Gasteiger partial charge is 0.296 e. The van der Waals surface area contributed by atoms with E-state index in [0.717, 1.165) is 12.5 Å². The van der Waals surface area contributed by atoms with E-state index < -0.39 is 39.9 Å². The number of carbonyl (C=O) groups is 1. The highest BCUT2D eigenvalue weighted by atomic mass is 19.2. The van der Waals surface area contributed by atoms with Crippen LogP contribution in [0.2, 0.25) is 0 Å². The minimum atomic E-state index is -1.43. The number of carbonyl (C=O) groups excluding carboxylic acids is 1. The molecule has 6 nitrogen and oxygen atoms in total. The van der Waals surface area contributed by atoms with Gasteiger partial charge in [0.25, 0.3) is 5.69 Å². The van der Waals surface area contributed by atoms with Crippen LogP contribution in [0.15, 0.2) is 12.1 Å². The van der Waals surface area contributed by atoms with Gasteiger partial charge >= 0.3 is 0 Å². The minimum Gasteiger partial charge on any atom is -0.316 e. The van der Waals surface area contributed by atoms with Crippen LogP contribution in [0.3, 0.4) is 0 Å². The number of anilines is 1. The molecule has 0 bridgehead atoms. The second kappa shape index (κ2) is 5.27. The first-order chi connectivity index (χ1) is 9.00. The number of rotatable bonds is 3. The average molecular weight is 271 g/mol. The lowest BCUT2D eigenvalue weighted by molar-refractivity contribution is -0.384. The molecular formula is C11H11F2N3O3. The largest absolute Gasteiger partial charge is 0.316 e. The van der Waals surface area contributed by atoms with Gasteiger partial charge < -0.3 is 10.6 Å². The van der Waals surface area contributed by atoms with Crippen LogP contribution < -0.4 is 10.6 Å². The summed E-state index contributed by atoms with van der Waals surface area (Å²) in [7, 11) is 0. The van der Waals surface area contributed by atoms with Gasteiger partial charge in [0.2, 0.25) is 5.91 Å². The van der Waals surface area contributed by atoms with E-state index in [2.05, 4.69) is 10.6 Å². The summed E-state index contributed by atoms with van der Waals surface area (Å²) in [4.78, 5) is 21.6. The highest BCUT2D eigenvalue weighted by molar-refractivity contribution is 5.97. The van der Waals surface area contributed by atoms with Crippen LogP contribution in [0.1, 0.15) is 12.8 Å². The van der Waals surface area contributed by atoms with Crippen LogP contribution in [0.5, 0.6) is 0 Å². The zero-order valence-corrected chi connectivity index (χ0v) is 9.78. The van der Waals surface area contributed by atoms with E-state index in [4.69, 9.17) is 0 Å². The maximum Gasteiger partial charge on any atom is 0.296 e. The number of amides is 1. The van der Waals surface area contributed by atoms with Crippen molar-refractivity contribution in [2.45, 2.75) is 18.9 Å². The van der Waals surface area contributed by atoms with Gasteiger partial charge in [-0.05, 0) is 25.5 Å². The molecule has 1 unspecified atom stereocenters. The van der Waals surface area contributed by atoms with Gasteiger partial charge in [-0.2, -0.15) is 0 Å². The Hall–Kier alpha value is -2.09. The molecule has 1 atom stereocenters. The number of nitrogens with one attached hydrogen (secondary N) is 2. The molecule has 19 heavy (non-hydrogen) atoms. The maximum absolute atomic E-state index is 13.6. The fourth-order valence-electron chi connectivity index (χ4n) is 1.93. The van der Waals surface area contributed by atoms with Gasteiger partial charge in [0.1, 0.15) is 0 Å². The molecule has 2 N–H and O–H groups in total. The summed E-state index contributed by atoms with van der Waals surface area (Å²) < 4.78 is 26.6. The van der Waals surface area contributed by atoms with E-state index in [1.54, 1.807) is 0 Å². The quantitative estimate of drug-likeness (QED) is 0.645. The van der Waals surface area contributed by atoms with Gasteiger partial charge in [0.15, 0.2) is 17.3 Å². The fraction of sp³-hybridized carbons (Fsp3) is 0.364. The molecule has 0 saturated carbocycles. The Balaban J connectivity index is 2.29. The summed E-state index contributed by atoms with van der Waals surface area (Å²) in [6.07, 6.45) is 1.34. The number of nitrogens with zero attached hydrogens (tertiary/aromatic N) is 1. The summed E-state index contributed by atoms with van der Waals surface area (Å²) in [5.74, 6) is -3.29. The number of nitro benzene ring substituents is 1. The molecule has 1 heterocycles. The van der Waals surface area contributed by atoms with Crippen molar-refractivity contribution in [3.8, 4) is 0 Å². The van der Waals surface area contributed by atoms with Crippen molar-refractivity contribution >= 4 is 17.3 Å². The van der Waals surface area contributed by atoms with Gasteiger partial charge in [-0.3, -0.25) is 14.9 Å². The van der Waals surface area contributed by atoms with Crippen LogP contribution >= 0.6 is 0 Å². The van der Waals surface area contributed by atoms with Crippen LogP contribution in [-0.2, 0) is 4.79 Å². The second-order valence-corrected chi connectivity index (χ2v) is 4.15. The third-order valence-electron chi connectivity index (χ3n) is 2.89. The summed E-state index contributed by atoms with van der Waals surface area (Å²) >= 11 is 0. The van der Waals surface area contributed by atoms with Gasteiger partial charge in [-0.1, -0.05) is 0 Å². The van der Waals surface area contributed by atoms with Gasteiger partial charge in [0, 0.05) is 6.07 Å². The number of hydrogen-bond donors (Lipinski definition) is 2. The molecule has 1 fully saturated rings. The molecule has 1 aliphatic heterocycles. The number of benzene rings is 1. The van der Waals surface area contributed by atoms with E-state index >= 15 is 0 Å². The lowest BCUT2D eigenvalue weighted by atomic mass is 10.2. The molecule has 1 saturated heterocycles. The van der Waals surface area contributed by atoms with Crippen LogP contribution in [0, 0.1) is 21.7 Å². The lowest BCUT2D eigenvalue weighted by Crippen LogP contribution is -2.36. The van der Waals surface area contributed by atoms with Gasteiger partial charge in [-0.15, -0.1) is 0 Å². The normalized spacial score (nSPS) is 18.3. The van der Waals surface area contributed by atoms with E-state index in [9.17, 15) is 23.7 Å². The second-order valence-electron chi connectivity index (χ2n) is 4.15. The summed E-state index contributed by atoms with van der Waals surface area (Å²) in [6, 6.07) is 0.926. The predicted molar refractivity (Wildman–Crippen MR) is 62.7 cm³/mol. The van der Waals surface area contributed by atoms with Crippen LogP contribution in [0.25, 0.3) is 0 Å². The standard InChI is InChI=1S/C11H11F2N3O3/c12-6-3-4-8(16(18)19)10(9(6)13)15-11(17)7-2-1-5-14-7/h3-4,7,14H,1-2,5H2,(H,15,17). The fourth-order valence-corrected chi connectivity index (χ4v) is 1.93. The van der Waals surface area contributed by atoms with Crippen molar-refractivity contribution in [3.63, 3.8) is 0 Å². The Morgan fingerprint density at radius 2 is 2.21 bits per heavy atom. The Morgan fingerprint density at radius 3 is 2.79 bits per heavy atom. The van der Waals surface area contributed by atoms with Crippen molar-refractivity contribution in [1.29, 1.82) is 0 Å². The Morgan fingerprint density at radius 1 is 1.47 bits per heavy atom.